The normalized spacial score (nSPS) is 12.0. The van der Waals surface area contributed by atoms with Crippen molar-refractivity contribution >= 4 is 46.4 Å². The summed E-state index contributed by atoms with van der Waals surface area (Å²) in [4.78, 5) is 4.72. The van der Waals surface area contributed by atoms with Gasteiger partial charge in [0.15, 0.2) is 5.65 Å². The molecule has 7 nitrogen and oxygen atoms in total. The Bertz CT molecular complexity index is 1100. The van der Waals surface area contributed by atoms with E-state index < -0.39 is 10.0 Å². The van der Waals surface area contributed by atoms with Crippen LogP contribution in [-0.2, 0) is 10.0 Å². The van der Waals surface area contributed by atoms with Gasteiger partial charge in [-0.25, -0.2) is 17.7 Å². The molecule has 29 heavy (non-hydrogen) atoms. The molecule has 0 radical (unpaired) electrons. The zero-order valence-corrected chi connectivity index (χ0v) is 18.5. The van der Waals surface area contributed by atoms with E-state index in [1.165, 1.54) is 4.31 Å². The van der Waals surface area contributed by atoms with Crippen molar-refractivity contribution in [1.82, 2.24) is 18.9 Å². The van der Waals surface area contributed by atoms with Gasteiger partial charge in [0.2, 0.25) is 10.0 Å². The molecule has 0 atom stereocenters. The molecule has 1 N–H and O–H groups in total. The Labute approximate surface area is 177 Å². The summed E-state index contributed by atoms with van der Waals surface area (Å²) in [6.45, 7) is 2.93. The van der Waals surface area contributed by atoms with E-state index in [0.29, 0.717) is 31.0 Å². The standard InChI is InChI=1S/C19H25BClN5O2S/c1-3-11-29(27,28)25(2)10-6-9-22-18-12-17(14-7-4-5-8-16(14)21)24-19-15(20)13-23-26(18)19/h4-5,7-8,12-13,22H,3,6,9-11,20H2,1-2H3. The molecule has 0 aliphatic rings. The Kier molecular flexibility index (Phi) is 6.82. The van der Waals surface area contributed by atoms with Crippen LogP contribution in [0.25, 0.3) is 16.9 Å². The molecule has 2 aromatic heterocycles. The minimum absolute atomic E-state index is 0.176. The van der Waals surface area contributed by atoms with Crippen molar-refractivity contribution in [1.29, 1.82) is 0 Å². The number of sulfonamides is 1. The molecule has 0 aliphatic carbocycles. The van der Waals surface area contributed by atoms with Crippen LogP contribution in [0.2, 0.25) is 5.02 Å². The molecule has 0 saturated heterocycles. The highest BCUT2D eigenvalue weighted by Crippen LogP contribution is 2.28. The van der Waals surface area contributed by atoms with Crippen LogP contribution in [0, 0.1) is 0 Å². The maximum absolute atomic E-state index is 12.1. The minimum Gasteiger partial charge on any atom is -0.370 e. The molecule has 0 aliphatic heterocycles. The summed E-state index contributed by atoms with van der Waals surface area (Å²) in [6.07, 6.45) is 3.06. The molecule has 0 saturated carbocycles. The van der Waals surface area contributed by atoms with Crippen LogP contribution in [0.1, 0.15) is 19.8 Å². The third-order valence-electron chi connectivity index (χ3n) is 4.69. The molecule has 1 aromatic carbocycles. The highest BCUT2D eigenvalue weighted by Gasteiger charge is 2.16. The van der Waals surface area contributed by atoms with Crippen molar-refractivity contribution in [2.45, 2.75) is 19.8 Å². The Hall–Kier alpha value is -2.10. The van der Waals surface area contributed by atoms with E-state index in [1.807, 2.05) is 45.1 Å². The maximum Gasteiger partial charge on any atom is 0.213 e. The van der Waals surface area contributed by atoms with Gasteiger partial charge in [-0.05, 0) is 24.4 Å². The van der Waals surface area contributed by atoms with Gasteiger partial charge in [0.1, 0.15) is 13.7 Å². The number of hydrogen-bond donors (Lipinski definition) is 1. The predicted octanol–water partition coefficient (Wildman–Crippen LogP) is 1.78. The van der Waals surface area contributed by atoms with E-state index >= 15 is 0 Å². The van der Waals surface area contributed by atoms with Crippen LogP contribution in [-0.4, -0.2) is 61.1 Å². The molecule has 0 unspecified atom stereocenters. The second-order valence-electron chi connectivity index (χ2n) is 6.99. The molecule has 0 amide bonds. The van der Waals surface area contributed by atoms with Gasteiger partial charge in [0, 0.05) is 43.0 Å². The number of nitrogens with zero attached hydrogens (tertiary/aromatic N) is 4. The summed E-state index contributed by atoms with van der Waals surface area (Å²) >= 11 is 6.36. The van der Waals surface area contributed by atoms with Crippen LogP contribution >= 0.6 is 11.6 Å². The van der Waals surface area contributed by atoms with Gasteiger partial charge in [-0.3, -0.25) is 0 Å². The topological polar surface area (TPSA) is 79.6 Å². The van der Waals surface area contributed by atoms with Crippen molar-refractivity contribution in [2.75, 3.05) is 31.2 Å². The first kappa shape index (κ1) is 21.6. The van der Waals surface area contributed by atoms with Crippen LogP contribution in [0.4, 0.5) is 5.82 Å². The molecule has 2 heterocycles. The average molecular weight is 434 g/mol. The van der Waals surface area contributed by atoms with Gasteiger partial charge in [-0.15, -0.1) is 0 Å². The van der Waals surface area contributed by atoms with E-state index in [1.54, 1.807) is 17.8 Å². The fourth-order valence-corrected chi connectivity index (χ4v) is 4.54. The van der Waals surface area contributed by atoms with Crippen molar-refractivity contribution in [3.05, 3.63) is 41.6 Å². The number of fused-ring (bicyclic) bond motifs is 1. The summed E-state index contributed by atoms with van der Waals surface area (Å²) in [7, 11) is 0.417. The third kappa shape index (κ3) is 4.91. The molecule has 0 fully saturated rings. The van der Waals surface area contributed by atoms with Gasteiger partial charge >= 0.3 is 0 Å². The quantitative estimate of drug-likeness (QED) is 0.411. The third-order valence-corrected chi connectivity index (χ3v) is 7.08. The first-order valence-corrected chi connectivity index (χ1v) is 11.6. The van der Waals surface area contributed by atoms with Gasteiger partial charge in [-0.1, -0.05) is 36.7 Å². The van der Waals surface area contributed by atoms with Crippen molar-refractivity contribution in [3.8, 4) is 11.3 Å². The zero-order valence-electron chi connectivity index (χ0n) is 16.9. The van der Waals surface area contributed by atoms with Crippen LogP contribution < -0.4 is 10.8 Å². The minimum atomic E-state index is -3.17. The number of nitrogens with one attached hydrogen (secondary N) is 1. The highest BCUT2D eigenvalue weighted by atomic mass is 35.5. The predicted molar refractivity (Wildman–Crippen MR) is 121 cm³/mol. The Morgan fingerprint density at radius 2 is 2.07 bits per heavy atom. The number of anilines is 1. The lowest BCUT2D eigenvalue weighted by Gasteiger charge is -2.17. The molecular weight excluding hydrogens is 409 g/mol. The van der Waals surface area contributed by atoms with Gasteiger partial charge in [0.25, 0.3) is 0 Å². The molecule has 3 rings (SSSR count). The van der Waals surface area contributed by atoms with Crippen molar-refractivity contribution in [2.24, 2.45) is 0 Å². The zero-order chi connectivity index (χ0) is 21.0. The number of halogens is 1. The van der Waals surface area contributed by atoms with Crippen molar-refractivity contribution < 1.29 is 8.42 Å². The number of hydrogen-bond acceptors (Lipinski definition) is 5. The Morgan fingerprint density at radius 3 is 2.79 bits per heavy atom. The fourth-order valence-electron chi connectivity index (χ4n) is 3.08. The fraction of sp³-hybridized carbons (Fsp3) is 0.368. The summed E-state index contributed by atoms with van der Waals surface area (Å²) in [6, 6.07) is 9.50. The first-order chi connectivity index (χ1) is 13.8. The first-order valence-electron chi connectivity index (χ1n) is 9.61. The summed E-state index contributed by atoms with van der Waals surface area (Å²) in [5.41, 5.74) is 3.34. The second kappa shape index (κ2) is 9.15. The molecule has 10 heteroatoms. The largest absolute Gasteiger partial charge is 0.370 e. The highest BCUT2D eigenvalue weighted by molar-refractivity contribution is 7.89. The molecular formula is C19H25BClN5O2S. The monoisotopic (exact) mass is 433 g/mol. The number of rotatable bonds is 9. The van der Waals surface area contributed by atoms with Gasteiger partial charge in [-0.2, -0.15) is 9.61 Å². The second-order valence-corrected chi connectivity index (χ2v) is 9.59. The van der Waals surface area contributed by atoms with Gasteiger partial charge in [0.05, 0.1) is 11.4 Å². The van der Waals surface area contributed by atoms with E-state index in [2.05, 4.69) is 10.4 Å². The molecule has 154 valence electrons. The summed E-state index contributed by atoms with van der Waals surface area (Å²) in [5, 5.41) is 8.41. The lowest BCUT2D eigenvalue weighted by Crippen LogP contribution is -2.31. The average Bonchev–Trinajstić information content (AvgIpc) is 3.06. The van der Waals surface area contributed by atoms with E-state index in [0.717, 1.165) is 28.2 Å². The van der Waals surface area contributed by atoms with Crippen molar-refractivity contribution in [3.63, 3.8) is 0 Å². The number of aromatic nitrogens is 3. The molecule has 3 aromatic rings. The number of benzene rings is 1. The summed E-state index contributed by atoms with van der Waals surface area (Å²) in [5.74, 6) is 0.965. The smallest absolute Gasteiger partial charge is 0.213 e. The lowest BCUT2D eigenvalue weighted by molar-refractivity contribution is 0.465. The Morgan fingerprint density at radius 1 is 1.31 bits per heavy atom. The van der Waals surface area contributed by atoms with Crippen LogP contribution in [0.5, 0.6) is 0 Å². The molecule has 0 bridgehead atoms. The SMILES string of the molecule is Bc1cnn2c(NCCCN(C)S(=O)(=O)CCC)cc(-c3ccccc3Cl)nc12. The van der Waals surface area contributed by atoms with E-state index in [4.69, 9.17) is 16.6 Å². The van der Waals surface area contributed by atoms with E-state index in [-0.39, 0.29) is 5.75 Å². The maximum atomic E-state index is 12.1. The van der Waals surface area contributed by atoms with Crippen LogP contribution in [0.15, 0.2) is 36.5 Å². The van der Waals surface area contributed by atoms with E-state index in [9.17, 15) is 8.42 Å². The lowest BCUT2D eigenvalue weighted by atomic mass is 10.0. The van der Waals surface area contributed by atoms with Crippen LogP contribution in [0.3, 0.4) is 0 Å². The summed E-state index contributed by atoms with van der Waals surface area (Å²) < 4.78 is 27.3. The van der Waals surface area contributed by atoms with Gasteiger partial charge < -0.3 is 5.32 Å². The Balaban J connectivity index is 1.78. The molecule has 0 spiro atoms.